The summed E-state index contributed by atoms with van der Waals surface area (Å²) < 4.78 is 5.16. The van der Waals surface area contributed by atoms with E-state index in [9.17, 15) is 10.2 Å². The second-order valence-corrected chi connectivity index (χ2v) is 5.40. The number of aromatic nitrogens is 2. The van der Waals surface area contributed by atoms with Gasteiger partial charge in [0.15, 0.2) is 5.82 Å². The van der Waals surface area contributed by atoms with Crippen molar-refractivity contribution >= 4 is 0 Å². The average Bonchev–Trinajstić information content (AvgIpc) is 2.74. The van der Waals surface area contributed by atoms with Gasteiger partial charge in [-0.1, -0.05) is 19.0 Å². The van der Waals surface area contributed by atoms with Gasteiger partial charge < -0.3 is 14.7 Å². The van der Waals surface area contributed by atoms with Crippen LogP contribution < -0.4 is 0 Å². The van der Waals surface area contributed by atoms with E-state index in [4.69, 9.17) is 4.52 Å². The first-order valence-corrected chi connectivity index (χ1v) is 5.83. The van der Waals surface area contributed by atoms with Gasteiger partial charge >= 0.3 is 0 Å². The summed E-state index contributed by atoms with van der Waals surface area (Å²) in [5.74, 6) is 1.22. The van der Waals surface area contributed by atoms with E-state index in [0.717, 1.165) is 6.42 Å². The Labute approximate surface area is 104 Å². The van der Waals surface area contributed by atoms with E-state index < -0.39 is 0 Å². The third-order valence-corrected chi connectivity index (χ3v) is 3.48. The third kappa shape index (κ3) is 1.72. The molecule has 0 amide bonds. The van der Waals surface area contributed by atoms with Gasteiger partial charge in [-0.15, -0.1) is 0 Å². The van der Waals surface area contributed by atoms with Gasteiger partial charge in [-0.25, -0.2) is 0 Å². The van der Waals surface area contributed by atoms with Crippen LogP contribution >= 0.6 is 0 Å². The normalized spacial score (nSPS) is 20.9. The van der Waals surface area contributed by atoms with Gasteiger partial charge in [-0.3, -0.25) is 0 Å². The van der Waals surface area contributed by atoms with Gasteiger partial charge in [0.05, 0.1) is 5.56 Å². The summed E-state index contributed by atoms with van der Waals surface area (Å²) in [6, 6.07) is 4.28. The third-order valence-electron chi connectivity index (χ3n) is 3.48. The molecule has 1 saturated carbocycles. The summed E-state index contributed by atoms with van der Waals surface area (Å²) in [5.41, 5.74) is 0.669. The molecule has 1 fully saturated rings. The second kappa shape index (κ2) is 3.48. The summed E-state index contributed by atoms with van der Waals surface area (Å²) in [4.78, 5) is 4.31. The second-order valence-electron chi connectivity index (χ2n) is 5.40. The molecule has 0 spiro atoms. The minimum atomic E-state index is -0.0692. The molecule has 2 N–H and O–H groups in total. The highest BCUT2D eigenvalue weighted by Gasteiger charge is 2.49. The Balaban J connectivity index is 1.94. The van der Waals surface area contributed by atoms with Crippen molar-refractivity contribution in [1.82, 2.24) is 10.1 Å². The topological polar surface area (TPSA) is 79.4 Å². The molecular weight excluding hydrogens is 232 g/mol. The first-order valence-electron chi connectivity index (χ1n) is 5.83. The molecule has 1 atom stereocenters. The summed E-state index contributed by atoms with van der Waals surface area (Å²) in [6.45, 7) is 4.32. The van der Waals surface area contributed by atoms with Crippen molar-refractivity contribution in [3.8, 4) is 23.0 Å². The van der Waals surface area contributed by atoms with Crippen LogP contribution in [0.15, 0.2) is 22.7 Å². The van der Waals surface area contributed by atoms with Gasteiger partial charge in [0.25, 0.3) is 5.89 Å². The van der Waals surface area contributed by atoms with E-state index in [1.165, 1.54) is 12.1 Å². The Kier molecular flexibility index (Phi) is 2.14. The van der Waals surface area contributed by atoms with Crippen LogP contribution in [-0.2, 0) is 0 Å². The lowest BCUT2D eigenvalue weighted by molar-refractivity contribution is 0.413. The predicted octanol–water partition coefficient (Wildman–Crippen LogP) is 2.66. The van der Waals surface area contributed by atoms with Crippen molar-refractivity contribution in [3.63, 3.8) is 0 Å². The van der Waals surface area contributed by atoms with E-state index in [2.05, 4.69) is 24.0 Å². The minimum Gasteiger partial charge on any atom is -0.508 e. The lowest BCUT2D eigenvalue weighted by Crippen LogP contribution is -1.91. The summed E-state index contributed by atoms with van der Waals surface area (Å²) in [5, 5.41) is 22.9. The number of hydrogen-bond acceptors (Lipinski definition) is 5. The van der Waals surface area contributed by atoms with Crippen LogP contribution in [0.5, 0.6) is 11.5 Å². The van der Waals surface area contributed by atoms with Crippen molar-refractivity contribution in [2.45, 2.75) is 26.2 Å². The van der Waals surface area contributed by atoms with Gasteiger partial charge in [0, 0.05) is 12.0 Å². The number of hydrogen-bond donors (Lipinski definition) is 2. The van der Waals surface area contributed by atoms with Crippen LogP contribution in [-0.4, -0.2) is 20.4 Å². The molecule has 1 unspecified atom stereocenters. The largest absolute Gasteiger partial charge is 0.508 e. The lowest BCUT2D eigenvalue weighted by atomic mass is 10.1. The molecule has 94 valence electrons. The van der Waals surface area contributed by atoms with E-state index in [1.54, 1.807) is 6.07 Å². The first kappa shape index (κ1) is 11.1. The van der Waals surface area contributed by atoms with Crippen molar-refractivity contribution in [3.05, 3.63) is 24.0 Å². The van der Waals surface area contributed by atoms with Crippen molar-refractivity contribution in [2.75, 3.05) is 0 Å². The fraction of sp³-hybridized carbons (Fsp3) is 0.385. The highest BCUT2D eigenvalue weighted by molar-refractivity contribution is 5.63. The van der Waals surface area contributed by atoms with Crippen LogP contribution in [0.1, 0.15) is 32.0 Å². The quantitative estimate of drug-likeness (QED) is 0.851. The fourth-order valence-electron chi connectivity index (χ4n) is 2.09. The molecule has 1 aromatic heterocycles. The van der Waals surface area contributed by atoms with Gasteiger partial charge in [0.1, 0.15) is 11.5 Å². The van der Waals surface area contributed by atoms with Crippen LogP contribution in [0.25, 0.3) is 11.5 Å². The Bertz CT molecular complexity index is 604. The monoisotopic (exact) mass is 246 g/mol. The zero-order valence-electron chi connectivity index (χ0n) is 10.2. The first-order chi connectivity index (χ1) is 8.47. The molecule has 2 aromatic rings. The Morgan fingerprint density at radius 2 is 2.06 bits per heavy atom. The molecule has 18 heavy (non-hydrogen) atoms. The van der Waals surface area contributed by atoms with E-state index in [-0.39, 0.29) is 22.8 Å². The van der Waals surface area contributed by atoms with Crippen molar-refractivity contribution < 1.29 is 14.7 Å². The smallest absolute Gasteiger partial charge is 0.261 e. The van der Waals surface area contributed by atoms with Crippen molar-refractivity contribution in [1.29, 1.82) is 0 Å². The molecular formula is C13H14N2O3. The maximum absolute atomic E-state index is 9.72. The molecule has 0 saturated heterocycles. The zero-order valence-corrected chi connectivity index (χ0v) is 10.2. The lowest BCUT2D eigenvalue weighted by Gasteiger charge is -1.99. The molecule has 1 heterocycles. The molecule has 1 aromatic carbocycles. The SMILES string of the molecule is CC1(C)CC1c1noc(-c2ccc(O)cc2O)n1. The standard InChI is InChI=1S/C13H14N2O3/c1-13(2)6-9(13)11-14-12(18-15-11)8-4-3-7(16)5-10(8)17/h3-5,9,16-17H,6H2,1-2H3. The highest BCUT2D eigenvalue weighted by atomic mass is 16.5. The molecule has 1 aliphatic carbocycles. The number of phenolic OH excluding ortho intramolecular Hbond substituents is 2. The summed E-state index contributed by atoms with van der Waals surface area (Å²) in [7, 11) is 0. The Hall–Kier alpha value is -2.04. The number of aromatic hydroxyl groups is 2. The molecule has 5 nitrogen and oxygen atoms in total. The maximum atomic E-state index is 9.72. The van der Waals surface area contributed by atoms with Crippen LogP contribution in [0.4, 0.5) is 0 Å². The van der Waals surface area contributed by atoms with Crippen LogP contribution in [0, 0.1) is 5.41 Å². The number of phenols is 2. The van der Waals surface area contributed by atoms with Gasteiger partial charge in [0.2, 0.25) is 0 Å². The van der Waals surface area contributed by atoms with Crippen molar-refractivity contribution in [2.24, 2.45) is 5.41 Å². The van der Waals surface area contributed by atoms with Gasteiger partial charge in [-0.2, -0.15) is 4.98 Å². The van der Waals surface area contributed by atoms with Crippen LogP contribution in [0.3, 0.4) is 0 Å². The molecule has 1 aliphatic rings. The molecule has 0 radical (unpaired) electrons. The number of nitrogens with zero attached hydrogens (tertiary/aromatic N) is 2. The van der Waals surface area contributed by atoms with E-state index >= 15 is 0 Å². The summed E-state index contributed by atoms with van der Waals surface area (Å²) >= 11 is 0. The number of rotatable bonds is 2. The predicted molar refractivity (Wildman–Crippen MR) is 64.2 cm³/mol. The zero-order chi connectivity index (χ0) is 12.9. The molecule has 0 aliphatic heterocycles. The van der Waals surface area contributed by atoms with Crippen LogP contribution in [0.2, 0.25) is 0 Å². The fourth-order valence-corrected chi connectivity index (χ4v) is 2.09. The highest BCUT2D eigenvalue weighted by Crippen LogP contribution is 2.57. The Morgan fingerprint density at radius 3 is 2.67 bits per heavy atom. The molecule has 0 bridgehead atoms. The number of benzene rings is 1. The van der Waals surface area contributed by atoms with Gasteiger partial charge in [-0.05, 0) is 24.0 Å². The molecule has 5 heteroatoms. The van der Waals surface area contributed by atoms with E-state index in [0.29, 0.717) is 17.3 Å². The maximum Gasteiger partial charge on any atom is 0.261 e. The Morgan fingerprint density at radius 1 is 1.33 bits per heavy atom. The minimum absolute atomic E-state index is 0.000634. The average molecular weight is 246 g/mol. The summed E-state index contributed by atoms with van der Waals surface area (Å²) in [6.07, 6.45) is 1.05. The van der Waals surface area contributed by atoms with E-state index in [1.807, 2.05) is 0 Å². The molecule has 3 rings (SSSR count).